The lowest BCUT2D eigenvalue weighted by Gasteiger charge is -2.11. The molecule has 1 aliphatic heterocycles. The van der Waals surface area contributed by atoms with Crippen LogP contribution in [0.1, 0.15) is 13.3 Å². The molecule has 0 unspecified atom stereocenters. The summed E-state index contributed by atoms with van der Waals surface area (Å²) >= 11 is 1.97. The Balaban J connectivity index is 1.91. The molecule has 10 heavy (non-hydrogen) atoms. The summed E-state index contributed by atoms with van der Waals surface area (Å²) < 4.78 is 0. The van der Waals surface area contributed by atoms with Crippen LogP contribution in [0.4, 0.5) is 0 Å². The van der Waals surface area contributed by atoms with E-state index in [-0.39, 0.29) is 0 Å². The van der Waals surface area contributed by atoms with Crippen molar-refractivity contribution in [2.75, 3.05) is 31.2 Å². The summed E-state index contributed by atoms with van der Waals surface area (Å²) in [5, 5.41) is 2.07. The maximum Gasteiger partial charge on any atom is 0.0698 e. The zero-order chi connectivity index (χ0) is 7.23. The minimum absolute atomic E-state index is 0.927. The van der Waals surface area contributed by atoms with Crippen molar-refractivity contribution in [1.29, 1.82) is 0 Å². The van der Waals surface area contributed by atoms with Crippen molar-refractivity contribution < 1.29 is 4.84 Å². The van der Waals surface area contributed by atoms with Gasteiger partial charge >= 0.3 is 0 Å². The van der Waals surface area contributed by atoms with Gasteiger partial charge in [0, 0.05) is 18.8 Å². The number of thioether (sulfide) groups is 1. The van der Waals surface area contributed by atoms with E-state index in [1.165, 1.54) is 17.9 Å². The highest BCUT2D eigenvalue weighted by atomic mass is 32.2. The quantitative estimate of drug-likeness (QED) is 0.578. The van der Waals surface area contributed by atoms with Crippen molar-refractivity contribution in [3.8, 4) is 0 Å². The molecule has 0 amide bonds. The Bertz CT molecular complexity index is 83.7. The second-order valence-corrected chi connectivity index (χ2v) is 3.71. The Hall–Kier alpha value is 0.270. The van der Waals surface area contributed by atoms with E-state index in [1.807, 2.05) is 11.8 Å². The van der Waals surface area contributed by atoms with E-state index in [0.29, 0.717) is 0 Å². The molecule has 1 rings (SSSR count). The predicted molar refractivity (Wildman–Crippen MR) is 45.1 cm³/mol. The van der Waals surface area contributed by atoms with Crippen molar-refractivity contribution >= 4 is 11.8 Å². The van der Waals surface area contributed by atoms with Gasteiger partial charge in [0.25, 0.3) is 0 Å². The molecule has 1 heterocycles. The van der Waals surface area contributed by atoms with E-state index in [0.717, 1.165) is 19.7 Å². The van der Waals surface area contributed by atoms with Gasteiger partial charge in [0.15, 0.2) is 0 Å². The largest absolute Gasteiger partial charge is 0.299 e. The fourth-order valence-electron chi connectivity index (χ4n) is 0.986. The summed E-state index contributed by atoms with van der Waals surface area (Å²) in [7, 11) is 0. The topological polar surface area (TPSA) is 12.5 Å². The third kappa shape index (κ3) is 2.90. The van der Waals surface area contributed by atoms with Gasteiger partial charge in [0.05, 0.1) is 6.61 Å². The summed E-state index contributed by atoms with van der Waals surface area (Å²) in [4.78, 5) is 5.32. The van der Waals surface area contributed by atoms with Gasteiger partial charge in [-0.25, -0.2) is 0 Å². The van der Waals surface area contributed by atoms with Crippen molar-refractivity contribution in [3.05, 3.63) is 0 Å². The first kappa shape index (κ1) is 8.37. The summed E-state index contributed by atoms with van der Waals surface area (Å²) in [5.41, 5.74) is 0. The zero-order valence-corrected chi connectivity index (χ0v) is 7.32. The first-order valence-electron chi connectivity index (χ1n) is 3.89. The molecule has 0 spiro atoms. The average molecular weight is 161 g/mol. The number of rotatable bonds is 4. The fraction of sp³-hybridized carbons (Fsp3) is 1.00. The van der Waals surface area contributed by atoms with Crippen LogP contribution in [0, 0.1) is 0 Å². The van der Waals surface area contributed by atoms with Crippen LogP contribution >= 0.6 is 11.8 Å². The maximum absolute atomic E-state index is 5.32. The Morgan fingerprint density at radius 3 is 3.10 bits per heavy atom. The highest BCUT2D eigenvalue weighted by molar-refractivity contribution is 7.99. The second-order valence-electron chi connectivity index (χ2n) is 2.31. The van der Waals surface area contributed by atoms with Crippen LogP contribution in [0.25, 0.3) is 0 Å². The molecule has 0 atom stereocenters. The van der Waals surface area contributed by atoms with E-state index in [9.17, 15) is 0 Å². The van der Waals surface area contributed by atoms with Gasteiger partial charge in [-0.3, -0.25) is 4.84 Å². The Morgan fingerprint density at radius 2 is 2.50 bits per heavy atom. The molecule has 0 aromatic rings. The van der Waals surface area contributed by atoms with E-state index in [2.05, 4.69) is 12.0 Å². The first-order valence-corrected chi connectivity index (χ1v) is 5.04. The number of hydrogen-bond donors (Lipinski definition) is 0. The zero-order valence-electron chi connectivity index (χ0n) is 6.51. The van der Waals surface area contributed by atoms with Gasteiger partial charge in [-0.2, -0.15) is 16.8 Å². The number of nitrogens with zero attached hydrogens (tertiary/aromatic N) is 1. The monoisotopic (exact) mass is 161 g/mol. The van der Waals surface area contributed by atoms with Gasteiger partial charge in [-0.1, -0.05) is 6.92 Å². The van der Waals surface area contributed by atoms with Crippen LogP contribution in [0.3, 0.4) is 0 Å². The van der Waals surface area contributed by atoms with Crippen molar-refractivity contribution in [1.82, 2.24) is 5.06 Å². The standard InChI is InChI=1S/C7H15NOS/c1-2-10-7-5-8-4-3-6-9-8/h2-7H2,1H3. The van der Waals surface area contributed by atoms with Gasteiger partial charge in [-0.05, 0) is 12.2 Å². The second kappa shape index (κ2) is 4.99. The van der Waals surface area contributed by atoms with Crippen molar-refractivity contribution in [2.24, 2.45) is 0 Å². The van der Waals surface area contributed by atoms with Gasteiger partial charge < -0.3 is 0 Å². The highest BCUT2D eigenvalue weighted by Gasteiger charge is 2.10. The third-order valence-corrected chi connectivity index (χ3v) is 2.39. The molecule has 0 aromatic heterocycles. The molecule has 60 valence electrons. The molecule has 0 aliphatic carbocycles. The van der Waals surface area contributed by atoms with Gasteiger partial charge in [0.1, 0.15) is 0 Å². The van der Waals surface area contributed by atoms with Crippen LogP contribution in [0.5, 0.6) is 0 Å². The number of hydroxylamine groups is 2. The molecule has 1 aliphatic rings. The van der Waals surface area contributed by atoms with E-state index >= 15 is 0 Å². The molecular formula is C7H15NOS. The van der Waals surface area contributed by atoms with E-state index in [4.69, 9.17) is 4.84 Å². The van der Waals surface area contributed by atoms with Crippen LogP contribution in [-0.4, -0.2) is 36.3 Å². The predicted octanol–water partition coefficient (Wildman–Crippen LogP) is 1.38. The van der Waals surface area contributed by atoms with Crippen LogP contribution in [0.15, 0.2) is 0 Å². The molecule has 1 fully saturated rings. The summed E-state index contributed by atoms with van der Waals surface area (Å²) in [6.07, 6.45) is 1.21. The first-order chi connectivity index (χ1) is 4.93. The SMILES string of the molecule is CCSCCN1CCCO1. The van der Waals surface area contributed by atoms with Gasteiger partial charge in [-0.15, -0.1) is 0 Å². The summed E-state index contributed by atoms with van der Waals surface area (Å²) in [6.45, 7) is 5.34. The Labute approximate surface area is 66.9 Å². The van der Waals surface area contributed by atoms with Crippen LogP contribution in [0.2, 0.25) is 0 Å². The molecule has 0 N–H and O–H groups in total. The third-order valence-electron chi connectivity index (χ3n) is 1.51. The fourth-order valence-corrected chi connectivity index (χ4v) is 1.61. The van der Waals surface area contributed by atoms with Crippen LogP contribution in [-0.2, 0) is 4.84 Å². The maximum atomic E-state index is 5.32. The Morgan fingerprint density at radius 1 is 1.60 bits per heavy atom. The van der Waals surface area contributed by atoms with E-state index < -0.39 is 0 Å². The normalized spacial score (nSPS) is 20.1. The lowest BCUT2D eigenvalue weighted by atomic mass is 10.5. The molecule has 0 radical (unpaired) electrons. The summed E-state index contributed by atoms with van der Waals surface area (Å²) in [6, 6.07) is 0. The smallest absolute Gasteiger partial charge is 0.0698 e. The minimum Gasteiger partial charge on any atom is -0.299 e. The average Bonchev–Trinajstić information content (AvgIpc) is 2.41. The number of hydrogen-bond acceptors (Lipinski definition) is 3. The lowest BCUT2D eigenvalue weighted by molar-refractivity contribution is -0.104. The molecule has 1 saturated heterocycles. The molecular weight excluding hydrogens is 146 g/mol. The lowest BCUT2D eigenvalue weighted by Crippen LogP contribution is -2.20. The highest BCUT2D eigenvalue weighted by Crippen LogP contribution is 2.06. The summed E-state index contributed by atoms with van der Waals surface area (Å²) in [5.74, 6) is 2.42. The van der Waals surface area contributed by atoms with Gasteiger partial charge in [0.2, 0.25) is 0 Å². The minimum atomic E-state index is 0.927. The van der Waals surface area contributed by atoms with E-state index in [1.54, 1.807) is 0 Å². The molecule has 0 saturated carbocycles. The Kier molecular flexibility index (Phi) is 4.18. The van der Waals surface area contributed by atoms with Crippen molar-refractivity contribution in [2.45, 2.75) is 13.3 Å². The van der Waals surface area contributed by atoms with Crippen LogP contribution < -0.4 is 0 Å². The van der Waals surface area contributed by atoms with Crippen molar-refractivity contribution in [3.63, 3.8) is 0 Å². The molecule has 2 nitrogen and oxygen atoms in total. The molecule has 0 bridgehead atoms. The molecule has 3 heteroatoms. The molecule has 0 aromatic carbocycles.